The standard InChI is InChI=1S/C23H19F2N5O3S/c1-13-8-15(6-7-26-13)22-21(14(2)28-12-29-22)16-9-19(23(33-3)27-11-16)30-34(31,32)20-5-4-17(24)10-18(20)25/h4-12,30H,1-3H3. The van der Waals surface area contributed by atoms with E-state index < -0.39 is 26.6 Å². The van der Waals surface area contributed by atoms with Crippen LogP contribution >= 0.6 is 0 Å². The molecule has 0 bridgehead atoms. The van der Waals surface area contributed by atoms with Crippen LogP contribution in [0.15, 0.2) is 60.0 Å². The number of halogens is 2. The fourth-order valence-corrected chi connectivity index (χ4v) is 4.56. The summed E-state index contributed by atoms with van der Waals surface area (Å²) in [6.07, 6.45) is 4.59. The zero-order valence-corrected chi connectivity index (χ0v) is 19.2. The fourth-order valence-electron chi connectivity index (χ4n) is 3.45. The van der Waals surface area contributed by atoms with Gasteiger partial charge in [0.25, 0.3) is 10.0 Å². The van der Waals surface area contributed by atoms with Crippen LogP contribution in [-0.2, 0) is 10.0 Å². The Hall–Kier alpha value is -3.99. The zero-order valence-electron chi connectivity index (χ0n) is 18.4. The molecule has 174 valence electrons. The molecule has 0 unspecified atom stereocenters. The monoisotopic (exact) mass is 483 g/mol. The molecular weight excluding hydrogens is 464 g/mol. The molecule has 0 spiro atoms. The van der Waals surface area contributed by atoms with Crippen molar-refractivity contribution in [1.29, 1.82) is 0 Å². The highest BCUT2D eigenvalue weighted by Crippen LogP contribution is 2.36. The zero-order chi connectivity index (χ0) is 24.5. The molecule has 34 heavy (non-hydrogen) atoms. The van der Waals surface area contributed by atoms with Crippen LogP contribution in [0.25, 0.3) is 22.4 Å². The molecule has 0 saturated carbocycles. The molecule has 0 radical (unpaired) electrons. The van der Waals surface area contributed by atoms with Gasteiger partial charge < -0.3 is 4.74 Å². The summed E-state index contributed by atoms with van der Waals surface area (Å²) >= 11 is 0. The number of hydrogen-bond donors (Lipinski definition) is 1. The highest BCUT2D eigenvalue weighted by molar-refractivity contribution is 7.92. The molecule has 0 atom stereocenters. The summed E-state index contributed by atoms with van der Waals surface area (Å²) in [5.41, 5.74) is 3.90. The number of methoxy groups -OCH3 is 1. The lowest BCUT2D eigenvalue weighted by Crippen LogP contribution is -2.16. The number of ether oxygens (including phenoxy) is 1. The van der Waals surface area contributed by atoms with Crippen molar-refractivity contribution in [2.45, 2.75) is 18.7 Å². The Morgan fingerprint density at radius 3 is 2.44 bits per heavy atom. The molecule has 0 amide bonds. The van der Waals surface area contributed by atoms with Crippen LogP contribution in [0.4, 0.5) is 14.5 Å². The largest absolute Gasteiger partial charge is 0.480 e. The lowest BCUT2D eigenvalue weighted by Gasteiger charge is -2.15. The van der Waals surface area contributed by atoms with E-state index in [2.05, 4.69) is 24.7 Å². The summed E-state index contributed by atoms with van der Waals surface area (Å²) in [5, 5.41) is 0. The Kier molecular flexibility index (Phi) is 6.20. The van der Waals surface area contributed by atoms with Gasteiger partial charge in [0.15, 0.2) is 0 Å². The van der Waals surface area contributed by atoms with E-state index in [1.54, 1.807) is 19.2 Å². The number of sulfonamides is 1. The normalized spacial score (nSPS) is 11.3. The summed E-state index contributed by atoms with van der Waals surface area (Å²) in [6.45, 7) is 3.64. The summed E-state index contributed by atoms with van der Waals surface area (Å²) in [6, 6.07) is 7.36. The van der Waals surface area contributed by atoms with E-state index in [-0.39, 0.29) is 11.6 Å². The second kappa shape index (κ2) is 9.10. The van der Waals surface area contributed by atoms with Gasteiger partial charge >= 0.3 is 0 Å². The van der Waals surface area contributed by atoms with Crippen LogP contribution in [-0.4, -0.2) is 35.5 Å². The van der Waals surface area contributed by atoms with Crippen LogP contribution in [0.5, 0.6) is 5.88 Å². The van der Waals surface area contributed by atoms with Crippen LogP contribution < -0.4 is 9.46 Å². The lowest BCUT2D eigenvalue weighted by molar-refractivity contribution is 0.400. The number of nitrogens with one attached hydrogen (secondary N) is 1. The maximum Gasteiger partial charge on any atom is 0.264 e. The second-order valence-electron chi connectivity index (χ2n) is 7.33. The highest BCUT2D eigenvalue weighted by Gasteiger charge is 2.23. The van der Waals surface area contributed by atoms with E-state index in [9.17, 15) is 17.2 Å². The number of aromatic nitrogens is 4. The van der Waals surface area contributed by atoms with Gasteiger partial charge in [0.1, 0.15) is 28.5 Å². The minimum Gasteiger partial charge on any atom is -0.480 e. The molecule has 1 N–H and O–H groups in total. The van der Waals surface area contributed by atoms with E-state index in [0.717, 1.165) is 23.4 Å². The first-order valence-corrected chi connectivity index (χ1v) is 11.4. The average Bonchev–Trinajstić information content (AvgIpc) is 2.78. The molecule has 1 aromatic carbocycles. The molecule has 8 nitrogen and oxygen atoms in total. The molecule has 0 aliphatic rings. The smallest absolute Gasteiger partial charge is 0.264 e. The van der Waals surface area contributed by atoms with Gasteiger partial charge in [-0.15, -0.1) is 0 Å². The minimum absolute atomic E-state index is 0.0364. The first kappa shape index (κ1) is 23.2. The SMILES string of the molecule is COc1ncc(-c2c(C)ncnc2-c2ccnc(C)c2)cc1NS(=O)(=O)c1ccc(F)cc1F. The van der Waals surface area contributed by atoms with Crippen molar-refractivity contribution in [1.82, 2.24) is 19.9 Å². The molecule has 0 aliphatic heterocycles. The number of hydrogen-bond acceptors (Lipinski definition) is 7. The van der Waals surface area contributed by atoms with Crippen LogP contribution in [0.2, 0.25) is 0 Å². The quantitative estimate of drug-likeness (QED) is 0.436. The van der Waals surface area contributed by atoms with Crippen LogP contribution in [0.1, 0.15) is 11.4 Å². The van der Waals surface area contributed by atoms with E-state index in [4.69, 9.17) is 4.74 Å². The maximum absolute atomic E-state index is 14.2. The summed E-state index contributed by atoms with van der Waals surface area (Å²) in [7, 11) is -3.10. The van der Waals surface area contributed by atoms with E-state index in [1.165, 1.54) is 25.7 Å². The Bertz CT molecular complexity index is 1500. The molecule has 0 saturated heterocycles. The first-order chi connectivity index (χ1) is 16.2. The van der Waals surface area contributed by atoms with Gasteiger partial charge in [-0.2, -0.15) is 0 Å². The van der Waals surface area contributed by atoms with E-state index >= 15 is 0 Å². The van der Waals surface area contributed by atoms with Crippen molar-refractivity contribution in [2.75, 3.05) is 11.8 Å². The van der Waals surface area contributed by atoms with Gasteiger partial charge in [-0.3, -0.25) is 9.71 Å². The van der Waals surface area contributed by atoms with Crippen molar-refractivity contribution in [3.8, 4) is 28.3 Å². The molecule has 4 rings (SSSR count). The summed E-state index contributed by atoms with van der Waals surface area (Å²) in [5.74, 6) is -2.15. The Morgan fingerprint density at radius 1 is 0.941 bits per heavy atom. The molecule has 0 fully saturated rings. The van der Waals surface area contributed by atoms with Gasteiger partial charge in [0.2, 0.25) is 5.88 Å². The number of aryl methyl sites for hydroxylation is 2. The molecule has 0 aliphatic carbocycles. The third-order valence-electron chi connectivity index (χ3n) is 4.97. The van der Waals surface area contributed by atoms with Crippen molar-refractivity contribution in [3.63, 3.8) is 0 Å². The van der Waals surface area contributed by atoms with Crippen molar-refractivity contribution >= 4 is 15.7 Å². The Balaban J connectivity index is 1.83. The van der Waals surface area contributed by atoms with Gasteiger partial charge in [0.05, 0.1) is 12.8 Å². The van der Waals surface area contributed by atoms with E-state index in [0.29, 0.717) is 28.6 Å². The summed E-state index contributed by atoms with van der Waals surface area (Å²) < 4.78 is 60.6. The number of pyridine rings is 2. The molecular formula is C23H19F2N5O3S. The number of rotatable bonds is 6. The molecule has 3 aromatic heterocycles. The van der Waals surface area contributed by atoms with Crippen molar-refractivity contribution in [3.05, 3.63) is 78.1 Å². The number of benzene rings is 1. The van der Waals surface area contributed by atoms with Crippen LogP contribution in [0, 0.1) is 25.5 Å². The topological polar surface area (TPSA) is 107 Å². The Morgan fingerprint density at radius 2 is 1.74 bits per heavy atom. The molecule has 11 heteroatoms. The maximum atomic E-state index is 14.2. The van der Waals surface area contributed by atoms with Crippen LogP contribution in [0.3, 0.4) is 0 Å². The second-order valence-corrected chi connectivity index (χ2v) is 8.98. The Labute approximate surface area is 194 Å². The van der Waals surface area contributed by atoms with Crippen molar-refractivity contribution in [2.24, 2.45) is 0 Å². The molecule has 4 aromatic rings. The highest BCUT2D eigenvalue weighted by atomic mass is 32.2. The van der Waals surface area contributed by atoms with Gasteiger partial charge in [-0.1, -0.05) is 0 Å². The van der Waals surface area contributed by atoms with Gasteiger partial charge in [0, 0.05) is 46.5 Å². The summed E-state index contributed by atoms with van der Waals surface area (Å²) in [4.78, 5) is 16.4. The third kappa shape index (κ3) is 4.55. The number of nitrogens with zero attached hydrogens (tertiary/aromatic N) is 4. The van der Waals surface area contributed by atoms with Gasteiger partial charge in [-0.25, -0.2) is 32.2 Å². The first-order valence-electron chi connectivity index (χ1n) is 9.96. The van der Waals surface area contributed by atoms with E-state index in [1.807, 2.05) is 13.0 Å². The minimum atomic E-state index is -4.42. The predicted molar refractivity (Wildman–Crippen MR) is 122 cm³/mol. The van der Waals surface area contributed by atoms with Crippen molar-refractivity contribution < 1.29 is 21.9 Å². The number of anilines is 1. The fraction of sp³-hybridized carbons (Fsp3) is 0.130. The average molecular weight is 484 g/mol. The predicted octanol–water partition coefficient (Wildman–Crippen LogP) is 4.31. The lowest BCUT2D eigenvalue weighted by atomic mass is 9.99. The molecule has 3 heterocycles. The van der Waals surface area contributed by atoms with Gasteiger partial charge in [-0.05, 0) is 44.2 Å². The third-order valence-corrected chi connectivity index (χ3v) is 6.37.